The largest absolute Gasteiger partial charge is 0.376 e. The van der Waals surface area contributed by atoms with E-state index in [-0.39, 0.29) is 42.8 Å². The molecule has 1 fully saturated rings. The van der Waals surface area contributed by atoms with Gasteiger partial charge in [-0.3, -0.25) is 4.79 Å². The van der Waals surface area contributed by atoms with Crippen molar-refractivity contribution in [3.8, 4) is 0 Å². The molecule has 6 heteroatoms. The molecule has 0 heterocycles. The van der Waals surface area contributed by atoms with Gasteiger partial charge >= 0.3 is 0 Å². The van der Waals surface area contributed by atoms with E-state index in [1.54, 1.807) is 0 Å². The molecule has 0 aromatic heterocycles. The zero-order chi connectivity index (χ0) is 14.8. The summed E-state index contributed by atoms with van der Waals surface area (Å²) in [6.45, 7) is 6.91. The van der Waals surface area contributed by atoms with E-state index in [0.29, 0.717) is 12.5 Å². The maximum absolute atomic E-state index is 12.1. The second-order valence-electron chi connectivity index (χ2n) is 6.06. The van der Waals surface area contributed by atoms with Crippen molar-refractivity contribution in [1.29, 1.82) is 0 Å². The molecule has 0 saturated heterocycles. The van der Waals surface area contributed by atoms with Crippen LogP contribution in [0.3, 0.4) is 0 Å². The Bertz CT molecular complexity index is 486. The van der Waals surface area contributed by atoms with E-state index in [4.69, 9.17) is 5.73 Å². The van der Waals surface area contributed by atoms with Crippen LogP contribution >= 0.6 is 24.8 Å². The third-order valence-electron chi connectivity index (χ3n) is 4.23. The highest BCUT2D eigenvalue weighted by molar-refractivity contribution is 5.85. The minimum Gasteiger partial charge on any atom is -0.376 e. The predicted octanol–water partition coefficient (Wildman–Crippen LogP) is 2.80. The minimum atomic E-state index is -0.250. The molecule has 1 amide bonds. The van der Waals surface area contributed by atoms with Gasteiger partial charge in [-0.05, 0) is 50.7 Å². The summed E-state index contributed by atoms with van der Waals surface area (Å²) in [6, 6.07) is 6.11. The molecule has 0 radical (unpaired) electrons. The third-order valence-corrected chi connectivity index (χ3v) is 4.23. The molecule has 0 spiro atoms. The molecule has 0 aliphatic heterocycles. The summed E-state index contributed by atoms with van der Waals surface area (Å²) in [4.78, 5) is 12.1. The smallest absolute Gasteiger partial charge is 0.239 e. The topological polar surface area (TPSA) is 67.2 Å². The first-order valence-electron chi connectivity index (χ1n) is 7.27. The number of anilines is 1. The highest BCUT2D eigenvalue weighted by atomic mass is 35.5. The lowest BCUT2D eigenvalue weighted by Gasteiger charge is -2.29. The Morgan fingerprint density at radius 3 is 2.27 bits per heavy atom. The summed E-state index contributed by atoms with van der Waals surface area (Å²) in [5, 5.41) is 6.32. The maximum Gasteiger partial charge on any atom is 0.239 e. The van der Waals surface area contributed by atoms with Gasteiger partial charge in [-0.1, -0.05) is 18.2 Å². The Kier molecular flexibility index (Phi) is 8.23. The second kappa shape index (κ2) is 8.61. The summed E-state index contributed by atoms with van der Waals surface area (Å²) in [7, 11) is 0. The van der Waals surface area contributed by atoms with Crippen LogP contribution in [0, 0.1) is 19.8 Å². The van der Waals surface area contributed by atoms with Crippen molar-refractivity contribution in [1.82, 2.24) is 5.32 Å². The van der Waals surface area contributed by atoms with Gasteiger partial charge < -0.3 is 16.4 Å². The average Bonchev–Trinajstić information content (AvgIpc) is 3.22. The quantitative estimate of drug-likeness (QED) is 0.741. The Balaban J connectivity index is 0.00000220. The Hall–Kier alpha value is -0.970. The lowest BCUT2D eigenvalue weighted by atomic mass is 9.96. The fourth-order valence-electron chi connectivity index (χ4n) is 2.66. The molecule has 1 aromatic rings. The Morgan fingerprint density at radius 1 is 1.27 bits per heavy atom. The van der Waals surface area contributed by atoms with Crippen LogP contribution in [0.1, 0.15) is 30.9 Å². The van der Waals surface area contributed by atoms with E-state index >= 15 is 0 Å². The van der Waals surface area contributed by atoms with E-state index < -0.39 is 0 Å². The number of amides is 1. The van der Waals surface area contributed by atoms with E-state index in [2.05, 4.69) is 10.6 Å². The van der Waals surface area contributed by atoms with Crippen LogP contribution in [0.2, 0.25) is 0 Å². The molecule has 22 heavy (non-hydrogen) atoms. The highest BCUT2D eigenvalue weighted by Crippen LogP contribution is 2.38. The van der Waals surface area contributed by atoms with Gasteiger partial charge in [-0.2, -0.15) is 0 Å². The third kappa shape index (κ3) is 5.04. The standard InChI is InChI=1S/C16H25N3O.2ClH/c1-11-5-4-6-12(2)15(11)18-9-14(20)19-16(3,10-17)13-7-8-13;;/h4-6,13,18H,7-10,17H2,1-3H3,(H,19,20);2*1H. The van der Waals surface area contributed by atoms with Gasteiger partial charge in [-0.25, -0.2) is 0 Å². The summed E-state index contributed by atoms with van der Waals surface area (Å²) in [5.41, 5.74) is 8.92. The number of rotatable bonds is 6. The zero-order valence-electron chi connectivity index (χ0n) is 13.4. The van der Waals surface area contributed by atoms with E-state index in [1.165, 1.54) is 0 Å². The average molecular weight is 348 g/mol. The van der Waals surface area contributed by atoms with Gasteiger partial charge in [0, 0.05) is 12.2 Å². The first-order chi connectivity index (χ1) is 9.46. The van der Waals surface area contributed by atoms with Crippen molar-refractivity contribution in [3.63, 3.8) is 0 Å². The van der Waals surface area contributed by atoms with Crippen molar-refractivity contribution in [2.24, 2.45) is 11.7 Å². The lowest BCUT2D eigenvalue weighted by Crippen LogP contribution is -2.54. The number of nitrogens with two attached hydrogens (primary N) is 1. The first-order valence-corrected chi connectivity index (χ1v) is 7.27. The first kappa shape index (κ1) is 21.0. The van der Waals surface area contributed by atoms with Gasteiger partial charge in [0.1, 0.15) is 0 Å². The number of nitrogens with one attached hydrogen (secondary N) is 2. The molecule has 1 unspecified atom stereocenters. The molecule has 4 nitrogen and oxygen atoms in total. The SMILES string of the molecule is Cc1cccc(C)c1NCC(=O)NC(C)(CN)C1CC1.Cl.Cl. The monoisotopic (exact) mass is 347 g/mol. The summed E-state index contributed by atoms with van der Waals surface area (Å²) >= 11 is 0. The number of hydrogen-bond donors (Lipinski definition) is 3. The number of hydrogen-bond acceptors (Lipinski definition) is 3. The molecule has 1 aromatic carbocycles. The lowest BCUT2D eigenvalue weighted by molar-refractivity contribution is -0.121. The van der Waals surface area contributed by atoms with Crippen LogP contribution in [-0.4, -0.2) is 24.5 Å². The molecule has 1 saturated carbocycles. The van der Waals surface area contributed by atoms with Crippen molar-refractivity contribution < 1.29 is 4.79 Å². The molecular weight excluding hydrogens is 321 g/mol. The van der Waals surface area contributed by atoms with Crippen molar-refractivity contribution in [2.75, 3.05) is 18.4 Å². The van der Waals surface area contributed by atoms with Crippen LogP contribution in [0.15, 0.2) is 18.2 Å². The fourth-order valence-corrected chi connectivity index (χ4v) is 2.66. The van der Waals surface area contributed by atoms with E-state index in [1.807, 2.05) is 39.0 Å². The van der Waals surface area contributed by atoms with Crippen molar-refractivity contribution >= 4 is 36.4 Å². The Morgan fingerprint density at radius 2 is 1.82 bits per heavy atom. The van der Waals surface area contributed by atoms with Crippen LogP contribution in [0.4, 0.5) is 5.69 Å². The molecule has 0 bridgehead atoms. The van der Waals surface area contributed by atoms with Crippen LogP contribution in [-0.2, 0) is 4.79 Å². The molecule has 4 N–H and O–H groups in total. The Labute approximate surface area is 145 Å². The molecule has 2 rings (SSSR count). The van der Waals surface area contributed by atoms with Crippen molar-refractivity contribution in [2.45, 2.75) is 39.2 Å². The minimum absolute atomic E-state index is 0. The molecular formula is C16H27Cl2N3O. The second-order valence-corrected chi connectivity index (χ2v) is 6.06. The number of benzene rings is 1. The number of halogens is 2. The number of para-hydroxylation sites is 1. The van der Waals surface area contributed by atoms with Crippen LogP contribution in [0.25, 0.3) is 0 Å². The summed E-state index contributed by atoms with van der Waals surface area (Å²) in [5.74, 6) is 0.546. The molecule has 126 valence electrons. The molecule has 1 aliphatic rings. The number of carbonyl (C=O) groups excluding carboxylic acids is 1. The zero-order valence-corrected chi connectivity index (χ0v) is 15.1. The van der Waals surface area contributed by atoms with Gasteiger partial charge in [-0.15, -0.1) is 24.8 Å². The van der Waals surface area contributed by atoms with Gasteiger partial charge in [0.05, 0.1) is 12.1 Å². The fraction of sp³-hybridized carbons (Fsp3) is 0.562. The van der Waals surface area contributed by atoms with Gasteiger partial charge in [0.15, 0.2) is 0 Å². The van der Waals surface area contributed by atoms with Crippen LogP contribution < -0.4 is 16.4 Å². The summed E-state index contributed by atoms with van der Waals surface area (Å²) < 4.78 is 0. The normalized spacial score (nSPS) is 15.8. The van der Waals surface area contributed by atoms with Crippen molar-refractivity contribution in [3.05, 3.63) is 29.3 Å². The maximum atomic E-state index is 12.1. The van der Waals surface area contributed by atoms with Gasteiger partial charge in [0.2, 0.25) is 5.91 Å². The van der Waals surface area contributed by atoms with Crippen LogP contribution in [0.5, 0.6) is 0 Å². The molecule has 1 atom stereocenters. The van der Waals surface area contributed by atoms with E-state index in [9.17, 15) is 4.79 Å². The molecule has 1 aliphatic carbocycles. The highest BCUT2D eigenvalue weighted by Gasteiger charge is 2.41. The van der Waals surface area contributed by atoms with E-state index in [0.717, 1.165) is 29.7 Å². The number of carbonyl (C=O) groups is 1. The number of aryl methyl sites for hydroxylation is 2. The predicted molar refractivity (Wildman–Crippen MR) is 97.2 cm³/mol. The summed E-state index contributed by atoms with van der Waals surface area (Å²) in [6.07, 6.45) is 2.33. The van der Waals surface area contributed by atoms with Gasteiger partial charge in [0.25, 0.3) is 0 Å².